The van der Waals surface area contributed by atoms with Crippen molar-refractivity contribution in [2.75, 3.05) is 10.0 Å². The van der Waals surface area contributed by atoms with Gasteiger partial charge in [-0.25, -0.2) is 13.4 Å². The highest BCUT2D eigenvalue weighted by Gasteiger charge is 2.17. The molecule has 0 spiro atoms. The standard InChI is InChI=1S/C25H25N3O5S2/c1-25(2,3)17-4-8-19(9-5-17)32-16-20-10-13-22(33-20)23(29)27-18-6-11-21(12-7-18)35(30,31)28-24-26-14-15-34-24/h4-15H,16H2,1-3H3,(H,26,28)(H,27,29). The van der Waals surface area contributed by atoms with Gasteiger partial charge in [-0.1, -0.05) is 32.9 Å². The number of ether oxygens (including phenoxy) is 1. The van der Waals surface area contributed by atoms with Crippen LogP contribution in [-0.4, -0.2) is 19.3 Å². The van der Waals surface area contributed by atoms with Gasteiger partial charge in [0.25, 0.3) is 15.9 Å². The average molecular weight is 512 g/mol. The molecule has 4 rings (SSSR count). The number of nitrogens with one attached hydrogen (secondary N) is 2. The second-order valence-electron chi connectivity index (χ2n) is 8.75. The Balaban J connectivity index is 1.33. The van der Waals surface area contributed by atoms with Gasteiger partial charge in [0.05, 0.1) is 4.90 Å². The van der Waals surface area contributed by atoms with E-state index in [0.29, 0.717) is 17.2 Å². The number of benzene rings is 2. The maximum Gasteiger partial charge on any atom is 0.291 e. The van der Waals surface area contributed by atoms with Crippen LogP contribution in [-0.2, 0) is 22.0 Å². The fourth-order valence-corrected chi connectivity index (χ4v) is 4.93. The fourth-order valence-electron chi connectivity index (χ4n) is 3.14. The van der Waals surface area contributed by atoms with Gasteiger partial charge in [-0.15, -0.1) is 11.3 Å². The van der Waals surface area contributed by atoms with Gasteiger partial charge in [-0.3, -0.25) is 9.52 Å². The Morgan fingerprint density at radius 3 is 2.37 bits per heavy atom. The number of amides is 1. The Hall–Kier alpha value is -3.63. The van der Waals surface area contributed by atoms with Crippen LogP contribution in [0.25, 0.3) is 0 Å². The monoisotopic (exact) mass is 511 g/mol. The number of carbonyl (C=O) groups is 1. The number of rotatable bonds is 8. The minimum absolute atomic E-state index is 0.0543. The van der Waals surface area contributed by atoms with Gasteiger partial charge >= 0.3 is 0 Å². The third-order valence-electron chi connectivity index (χ3n) is 5.06. The van der Waals surface area contributed by atoms with Crippen molar-refractivity contribution >= 4 is 38.1 Å². The molecular weight excluding hydrogens is 486 g/mol. The van der Waals surface area contributed by atoms with Crippen LogP contribution in [0.4, 0.5) is 10.8 Å². The molecular formula is C25H25N3O5S2. The van der Waals surface area contributed by atoms with Crippen molar-refractivity contribution in [1.29, 1.82) is 0 Å². The third-order valence-corrected chi connectivity index (χ3v) is 7.24. The van der Waals surface area contributed by atoms with Crippen molar-refractivity contribution in [3.63, 3.8) is 0 Å². The highest BCUT2D eigenvalue weighted by Crippen LogP contribution is 2.25. The SMILES string of the molecule is CC(C)(C)c1ccc(OCc2ccc(C(=O)Nc3ccc(S(=O)(=O)Nc4nccs4)cc3)o2)cc1. The van der Waals surface area contributed by atoms with Crippen molar-refractivity contribution in [3.05, 3.63) is 89.3 Å². The van der Waals surface area contributed by atoms with Crippen LogP contribution in [0.3, 0.4) is 0 Å². The summed E-state index contributed by atoms with van der Waals surface area (Å²) >= 11 is 1.18. The zero-order valence-electron chi connectivity index (χ0n) is 19.4. The van der Waals surface area contributed by atoms with Crippen molar-refractivity contribution in [1.82, 2.24) is 4.98 Å². The Morgan fingerprint density at radius 1 is 1.03 bits per heavy atom. The lowest BCUT2D eigenvalue weighted by atomic mass is 9.87. The third kappa shape index (κ3) is 6.28. The van der Waals surface area contributed by atoms with E-state index in [4.69, 9.17) is 9.15 Å². The maximum absolute atomic E-state index is 12.5. The predicted molar refractivity (Wildman–Crippen MR) is 135 cm³/mol. The van der Waals surface area contributed by atoms with Crippen molar-refractivity contribution in [3.8, 4) is 5.75 Å². The second kappa shape index (κ2) is 9.93. The topological polar surface area (TPSA) is 111 Å². The van der Waals surface area contributed by atoms with Crippen LogP contribution in [0.5, 0.6) is 5.75 Å². The van der Waals surface area contributed by atoms with Crippen molar-refractivity contribution in [2.45, 2.75) is 37.7 Å². The van der Waals surface area contributed by atoms with E-state index >= 15 is 0 Å². The molecule has 0 aliphatic heterocycles. The van der Waals surface area contributed by atoms with Gasteiger partial charge in [0.1, 0.15) is 18.1 Å². The molecule has 2 aromatic heterocycles. The average Bonchev–Trinajstić information content (AvgIpc) is 3.50. The van der Waals surface area contributed by atoms with Gasteiger partial charge < -0.3 is 14.5 Å². The highest BCUT2D eigenvalue weighted by molar-refractivity contribution is 7.93. The van der Waals surface area contributed by atoms with Crippen LogP contribution < -0.4 is 14.8 Å². The van der Waals surface area contributed by atoms with Gasteiger partial charge in [0.2, 0.25) is 0 Å². The Bertz CT molecular complexity index is 1390. The number of anilines is 2. The van der Waals surface area contributed by atoms with E-state index in [1.807, 2.05) is 24.3 Å². The van der Waals surface area contributed by atoms with E-state index in [9.17, 15) is 13.2 Å². The molecule has 2 heterocycles. The van der Waals surface area contributed by atoms with Crippen LogP contribution in [0.15, 0.2) is 81.6 Å². The summed E-state index contributed by atoms with van der Waals surface area (Å²) in [5.41, 5.74) is 1.70. The molecule has 0 radical (unpaired) electrons. The molecule has 0 saturated heterocycles. The lowest BCUT2D eigenvalue weighted by Gasteiger charge is -2.19. The quantitative estimate of drug-likeness (QED) is 0.316. The number of furan rings is 1. The molecule has 2 aromatic carbocycles. The molecule has 1 amide bonds. The lowest BCUT2D eigenvalue weighted by molar-refractivity contribution is 0.0992. The first-order valence-electron chi connectivity index (χ1n) is 10.8. The first-order chi connectivity index (χ1) is 16.6. The van der Waals surface area contributed by atoms with Crippen LogP contribution >= 0.6 is 11.3 Å². The summed E-state index contributed by atoms with van der Waals surface area (Å²) in [7, 11) is -3.76. The summed E-state index contributed by atoms with van der Waals surface area (Å²) in [6.07, 6.45) is 1.51. The molecule has 0 saturated carbocycles. The lowest BCUT2D eigenvalue weighted by Crippen LogP contribution is -2.13. The minimum Gasteiger partial charge on any atom is -0.486 e. The van der Waals surface area contributed by atoms with Crippen LogP contribution in [0, 0.1) is 0 Å². The molecule has 8 nitrogen and oxygen atoms in total. The summed E-state index contributed by atoms with van der Waals surface area (Å²) in [6.45, 7) is 6.63. The summed E-state index contributed by atoms with van der Waals surface area (Å²) in [4.78, 5) is 16.5. The van der Waals surface area contributed by atoms with E-state index in [1.165, 1.54) is 47.4 Å². The maximum atomic E-state index is 12.5. The van der Waals surface area contributed by atoms with E-state index in [-0.39, 0.29) is 27.8 Å². The van der Waals surface area contributed by atoms with E-state index in [2.05, 4.69) is 35.8 Å². The largest absolute Gasteiger partial charge is 0.486 e. The highest BCUT2D eigenvalue weighted by atomic mass is 32.2. The normalized spacial score (nSPS) is 11.7. The molecule has 182 valence electrons. The molecule has 10 heteroatoms. The molecule has 0 unspecified atom stereocenters. The number of sulfonamides is 1. The van der Waals surface area contributed by atoms with Gasteiger partial charge in [0.15, 0.2) is 10.9 Å². The van der Waals surface area contributed by atoms with Crippen LogP contribution in [0.1, 0.15) is 42.6 Å². The summed E-state index contributed by atoms with van der Waals surface area (Å²) < 4.78 is 38.6. The van der Waals surface area contributed by atoms with E-state index in [0.717, 1.165) is 0 Å². The van der Waals surface area contributed by atoms with E-state index in [1.54, 1.807) is 17.5 Å². The first kappa shape index (κ1) is 24.5. The number of hydrogen-bond donors (Lipinski definition) is 2. The molecule has 0 atom stereocenters. The van der Waals surface area contributed by atoms with Crippen molar-refractivity contribution < 1.29 is 22.4 Å². The smallest absolute Gasteiger partial charge is 0.291 e. The second-order valence-corrected chi connectivity index (χ2v) is 11.3. The molecule has 35 heavy (non-hydrogen) atoms. The molecule has 0 bridgehead atoms. The number of thiazole rings is 1. The summed E-state index contributed by atoms with van der Waals surface area (Å²) in [5.74, 6) is 0.876. The molecule has 0 aliphatic rings. The predicted octanol–water partition coefficient (Wildman–Crippen LogP) is 5.67. The minimum atomic E-state index is -3.76. The van der Waals surface area contributed by atoms with Gasteiger partial charge in [-0.05, 0) is 59.5 Å². The van der Waals surface area contributed by atoms with Gasteiger partial charge in [0, 0.05) is 17.3 Å². The van der Waals surface area contributed by atoms with Crippen LogP contribution in [0.2, 0.25) is 0 Å². The molecule has 2 N–H and O–H groups in total. The first-order valence-corrected chi connectivity index (χ1v) is 13.1. The Kier molecular flexibility index (Phi) is 6.95. The number of nitrogens with zero attached hydrogens (tertiary/aromatic N) is 1. The zero-order chi connectivity index (χ0) is 25.1. The molecule has 4 aromatic rings. The number of aromatic nitrogens is 1. The Morgan fingerprint density at radius 2 is 1.74 bits per heavy atom. The summed E-state index contributed by atoms with van der Waals surface area (Å²) in [6, 6.07) is 16.9. The molecule has 0 fully saturated rings. The number of carbonyl (C=O) groups excluding carboxylic acids is 1. The summed E-state index contributed by atoms with van der Waals surface area (Å²) in [5, 5.41) is 4.64. The number of hydrogen-bond acceptors (Lipinski definition) is 7. The van der Waals surface area contributed by atoms with E-state index < -0.39 is 15.9 Å². The zero-order valence-corrected chi connectivity index (χ0v) is 21.1. The van der Waals surface area contributed by atoms with Crippen molar-refractivity contribution in [2.24, 2.45) is 0 Å². The Labute approximate surface area is 208 Å². The molecule has 0 aliphatic carbocycles. The fraction of sp³-hybridized carbons (Fsp3) is 0.200. The van der Waals surface area contributed by atoms with Gasteiger partial charge in [-0.2, -0.15) is 0 Å².